The van der Waals surface area contributed by atoms with Crippen LogP contribution < -0.4 is 5.32 Å². The number of carbonyl (C=O) groups is 1. The molecule has 1 aromatic carbocycles. The SMILES string of the molecule is [C-]#[N+]c1cc(C)c(NC(=O)C[N+]2(CC)CCCC2)c(C)c1.[Y]. The van der Waals surface area contributed by atoms with Gasteiger partial charge in [0.25, 0.3) is 5.91 Å². The van der Waals surface area contributed by atoms with Crippen LogP contribution in [0.15, 0.2) is 12.1 Å². The number of anilines is 1. The molecule has 0 bridgehead atoms. The van der Waals surface area contributed by atoms with Crippen molar-refractivity contribution in [3.8, 4) is 0 Å². The second kappa shape index (κ2) is 8.20. The summed E-state index contributed by atoms with van der Waals surface area (Å²) in [5.74, 6) is 0.0838. The molecular formula is C17H24N3OY+. The first-order valence-electron chi connectivity index (χ1n) is 7.63. The summed E-state index contributed by atoms with van der Waals surface area (Å²) in [7, 11) is 0. The fourth-order valence-corrected chi connectivity index (χ4v) is 3.28. The molecule has 1 radical (unpaired) electrons. The first-order chi connectivity index (χ1) is 9.99. The first-order valence-corrected chi connectivity index (χ1v) is 7.63. The molecule has 1 saturated heterocycles. The number of rotatable bonds is 4. The van der Waals surface area contributed by atoms with E-state index in [1.54, 1.807) is 0 Å². The molecule has 4 nitrogen and oxygen atoms in total. The third-order valence-corrected chi connectivity index (χ3v) is 4.58. The summed E-state index contributed by atoms with van der Waals surface area (Å²) in [6, 6.07) is 3.66. The van der Waals surface area contributed by atoms with Crippen molar-refractivity contribution in [2.24, 2.45) is 0 Å². The minimum absolute atomic E-state index is 0. The van der Waals surface area contributed by atoms with Gasteiger partial charge in [-0.1, -0.05) is 12.1 Å². The van der Waals surface area contributed by atoms with Crippen molar-refractivity contribution in [3.05, 3.63) is 34.7 Å². The number of likely N-dealkylation sites (N-methyl/N-ethyl adjacent to an activating group) is 1. The Morgan fingerprint density at radius 3 is 2.27 bits per heavy atom. The summed E-state index contributed by atoms with van der Waals surface area (Å²) < 4.78 is 0.907. The molecule has 1 N–H and O–H groups in total. The summed E-state index contributed by atoms with van der Waals surface area (Å²) in [5, 5.41) is 3.06. The van der Waals surface area contributed by atoms with E-state index in [-0.39, 0.29) is 38.6 Å². The Labute approximate surface area is 158 Å². The van der Waals surface area contributed by atoms with Gasteiger partial charge in [-0.25, -0.2) is 4.85 Å². The maximum absolute atomic E-state index is 12.4. The largest absolute Gasteiger partial charge is 0.321 e. The minimum Gasteiger partial charge on any atom is -0.321 e. The zero-order chi connectivity index (χ0) is 15.5. The second-order valence-corrected chi connectivity index (χ2v) is 6.08. The molecule has 1 heterocycles. The Balaban J connectivity index is 0.00000242. The second-order valence-electron chi connectivity index (χ2n) is 6.08. The molecule has 1 aromatic rings. The molecule has 0 unspecified atom stereocenters. The van der Waals surface area contributed by atoms with Gasteiger partial charge in [0.1, 0.15) is 0 Å². The third-order valence-electron chi connectivity index (χ3n) is 4.58. The summed E-state index contributed by atoms with van der Waals surface area (Å²) >= 11 is 0. The number of hydrogen-bond acceptors (Lipinski definition) is 1. The predicted molar refractivity (Wildman–Crippen MR) is 85.4 cm³/mol. The van der Waals surface area contributed by atoms with Gasteiger partial charge in [-0.15, -0.1) is 0 Å². The summed E-state index contributed by atoms with van der Waals surface area (Å²) in [4.78, 5) is 15.9. The first kappa shape index (κ1) is 19.3. The van der Waals surface area contributed by atoms with Crippen LogP contribution in [-0.4, -0.2) is 36.6 Å². The van der Waals surface area contributed by atoms with E-state index in [0.717, 1.165) is 40.9 Å². The quantitative estimate of drug-likeness (QED) is 0.635. The fourth-order valence-electron chi connectivity index (χ4n) is 3.28. The van der Waals surface area contributed by atoms with Crippen LogP contribution in [0.1, 0.15) is 30.9 Å². The van der Waals surface area contributed by atoms with Crippen LogP contribution in [0.4, 0.5) is 11.4 Å². The van der Waals surface area contributed by atoms with Crippen LogP contribution in [0.2, 0.25) is 0 Å². The van der Waals surface area contributed by atoms with E-state index < -0.39 is 0 Å². The smallest absolute Gasteiger partial charge is 0.279 e. The molecule has 0 atom stereocenters. The molecule has 1 fully saturated rings. The number of nitrogens with zero attached hydrogens (tertiary/aromatic N) is 2. The normalized spacial score (nSPS) is 15.7. The van der Waals surface area contributed by atoms with Gasteiger partial charge in [0, 0.05) is 51.2 Å². The Kier molecular flexibility index (Phi) is 7.19. The van der Waals surface area contributed by atoms with E-state index in [2.05, 4.69) is 17.1 Å². The monoisotopic (exact) mass is 375 g/mol. The average molecular weight is 375 g/mol. The van der Waals surface area contributed by atoms with Gasteiger partial charge in [0.05, 0.1) is 26.2 Å². The van der Waals surface area contributed by atoms with E-state index >= 15 is 0 Å². The Morgan fingerprint density at radius 1 is 1.27 bits per heavy atom. The van der Waals surface area contributed by atoms with Gasteiger partial charge in [0.2, 0.25) is 0 Å². The molecule has 1 aliphatic heterocycles. The van der Waals surface area contributed by atoms with Gasteiger partial charge in [-0.3, -0.25) is 4.79 Å². The van der Waals surface area contributed by atoms with E-state index in [1.165, 1.54) is 12.8 Å². The van der Waals surface area contributed by atoms with Crippen molar-refractivity contribution in [2.75, 3.05) is 31.5 Å². The van der Waals surface area contributed by atoms with E-state index in [1.807, 2.05) is 26.0 Å². The van der Waals surface area contributed by atoms with Gasteiger partial charge in [-0.05, 0) is 31.9 Å². The van der Waals surface area contributed by atoms with Gasteiger partial charge in [-0.2, -0.15) is 0 Å². The molecule has 0 aromatic heterocycles. The van der Waals surface area contributed by atoms with Crippen LogP contribution in [0, 0.1) is 20.4 Å². The molecule has 5 heteroatoms. The molecule has 1 amide bonds. The summed E-state index contributed by atoms with van der Waals surface area (Å²) in [6.07, 6.45) is 2.44. The number of hydrogen-bond donors (Lipinski definition) is 1. The maximum atomic E-state index is 12.4. The van der Waals surface area contributed by atoms with Gasteiger partial charge < -0.3 is 9.80 Å². The third kappa shape index (κ3) is 4.38. The number of quaternary nitrogens is 1. The van der Waals surface area contributed by atoms with E-state index in [0.29, 0.717) is 12.2 Å². The fraction of sp³-hybridized carbons (Fsp3) is 0.529. The molecule has 0 aliphatic carbocycles. The molecule has 0 spiro atoms. The molecular weight excluding hydrogens is 351 g/mol. The maximum Gasteiger partial charge on any atom is 0.279 e. The summed E-state index contributed by atoms with van der Waals surface area (Å²) in [5.41, 5.74) is 3.40. The number of amides is 1. The number of nitrogens with one attached hydrogen (secondary N) is 1. The van der Waals surface area contributed by atoms with Crippen molar-refractivity contribution in [3.63, 3.8) is 0 Å². The molecule has 22 heavy (non-hydrogen) atoms. The van der Waals surface area contributed by atoms with Crippen molar-refractivity contribution < 1.29 is 42.0 Å². The van der Waals surface area contributed by atoms with Crippen molar-refractivity contribution in [2.45, 2.75) is 33.6 Å². The topological polar surface area (TPSA) is 33.5 Å². The Morgan fingerprint density at radius 2 is 1.82 bits per heavy atom. The van der Waals surface area contributed by atoms with Gasteiger partial charge in [0.15, 0.2) is 12.2 Å². The van der Waals surface area contributed by atoms with Crippen molar-refractivity contribution in [1.82, 2.24) is 0 Å². The number of likely N-dealkylation sites (tertiary alicyclic amines) is 1. The summed E-state index contributed by atoms with van der Waals surface area (Å²) in [6.45, 7) is 16.9. The van der Waals surface area contributed by atoms with Crippen LogP contribution in [-0.2, 0) is 37.5 Å². The molecule has 1 aliphatic rings. The van der Waals surface area contributed by atoms with E-state index in [9.17, 15) is 4.79 Å². The number of aryl methyl sites for hydroxylation is 2. The Bertz CT molecular complexity index is 563. The van der Waals surface area contributed by atoms with Crippen LogP contribution in [0.25, 0.3) is 4.85 Å². The Hall–Kier alpha value is -0.756. The predicted octanol–water partition coefficient (Wildman–Crippen LogP) is 3.42. The average Bonchev–Trinajstić information content (AvgIpc) is 2.91. The van der Waals surface area contributed by atoms with Gasteiger partial charge >= 0.3 is 0 Å². The number of benzene rings is 1. The zero-order valence-corrected chi connectivity index (χ0v) is 16.6. The number of carbonyl (C=O) groups excluding carboxylic acids is 1. The molecule has 115 valence electrons. The van der Waals surface area contributed by atoms with Crippen LogP contribution in [0.5, 0.6) is 0 Å². The standard InChI is InChI=1S/C17H23N3O.Y/c1-5-20(8-6-7-9-20)12-16(21)19-17-13(2)10-15(18-4)11-14(17)3;/h10-11H,5-9,12H2,1-3H3;/p+1. The van der Waals surface area contributed by atoms with Crippen LogP contribution >= 0.6 is 0 Å². The van der Waals surface area contributed by atoms with Crippen molar-refractivity contribution in [1.29, 1.82) is 0 Å². The van der Waals surface area contributed by atoms with Crippen molar-refractivity contribution >= 4 is 17.3 Å². The van der Waals surface area contributed by atoms with Crippen LogP contribution in [0.3, 0.4) is 0 Å². The molecule has 0 saturated carbocycles. The van der Waals surface area contributed by atoms with E-state index in [4.69, 9.17) is 6.57 Å². The molecule has 2 rings (SSSR count). The zero-order valence-electron chi connectivity index (χ0n) is 13.8. The minimum atomic E-state index is 0.